The fraction of sp³-hybridized carbons (Fsp3) is 0.286. The Morgan fingerprint density at radius 3 is 2.39 bits per heavy atom. The Balaban J connectivity index is 1.34. The molecule has 3 aromatic rings. The van der Waals surface area contributed by atoms with Crippen LogP contribution in [0.1, 0.15) is 26.4 Å². The van der Waals surface area contributed by atoms with Crippen molar-refractivity contribution in [2.75, 3.05) is 33.3 Å². The molecule has 1 fully saturated rings. The summed E-state index contributed by atoms with van der Waals surface area (Å²) in [4.78, 5) is 28.4. The number of methoxy groups -OCH3 is 1. The summed E-state index contributed by atoms with van der Waals surface area (Å²) in [6, 6.07) is 14.7. The molecule has 0 bridgehead atoms. The average Bonchev–Trinajstić information content (AvgIpc) is 3.15. The number of ether oxygens (including phenoxy) is 1. The number of carbonyl (C=O) groups excluding carboxylic acids is 2. The van der Waals surface area contributed by atoms with E-state index in [1.807, 2.05) is 33.8 Å². The standard InChI is InChI=1S/C21H22N4O3/c1-28-21(27)17-7-5-16(6-8-17)20(26)24-12-10-23(11-13-24)15-18-14-19-4-2-3-9-25(19)22-18/h2-9,14H,10-13,15H2,1H3. The van der Waals surface area contributed by atoms with Gasteiger partial charge < -0.3 is 9.64 Å². The third-order valence-electron chi connectivity index (χ3n) is 5.02. The number of amides is 1. The molecule has 0 N–H and O–H groups in total. The van der Waals surface area contributed by atoms with E-state index >= 15 is 0 Å². The van der Waals surface area contributed by atoms with Gasteiger partial charge in [0.1, 0.15) is 0 Å². The number of hydrogen-bond donors (Lipinski definition) is 0. The van der Waals surface area contributed by atoms with E-state index in [0.717, 1.165) is 30.8 Å². The molecule has 0 atom stereocenters. The monoisotopic (exact) mass is 378 g/mol. The van der Waals surface area contributed by atoms with Gasteiger partial charge in [-0.25, -0.2) is 9.31 Å². The fourth-order valence-corrected chi connectivity index (χ4v) is 3.46. The van der Waals surface area contributed by atoms with Crippen LogP contribution >= 0.6 is 0 Å². The number of benzene rings is 1. The third kappa shape index (κ3) is 3.75. The molecule has 1 aromatic carbocycles. The Bertz CT molecular complexity index is 955. The lowest BCUT2D eigenvalue weighted by Crippen LogP contribution is -2.48. The molecule has 1 amide bonds. The van der Waals surface area contributed by atoms with Gasteiger partial charge in [-0.3, -0.25) is 9.69 Å². The summed E-state index contributed by atoms with van der Waals surface area (Å²) in [5, 5.41) is 4.59. The van der Waals surface area contributed by atoms with Gasteiger partial charge in [0.05, 0.1) is 23.9 Å². The first-order valence-corrected chi connectivity index (χ1v) is 9.27. The predicted molar refractivity (Wildman–Crippen MR) is 104 cm³/mol. The largest absolute Gasteiger partial charge is 0.465 e. The zero-order valence-corrected chi connectivity index (χ0v) is 15.7. The molecule has 4 rings (SSSR count). The molecule has 1 aliphatic heterocycles. The number of pyridine rings is 1. The van der Waals surface area contributed by atoms with Gasteiger partial charge in [0.15, 0.2) is 0 Å². The van der Waals surface area contributed by atoms with Crippen LogP contribution in [0.4, 0.5) is 0 Å². The minimum absolute atomic E-state index is 0.0104. The highest BCUT2D eigenvalue weighted by molar-refractivity contribution is 5.96. The molecule has 1 saturated heterocycles. The highest BCUT2D eigenvalue weighted by atomic mass is 16.5. The van der Waals surface area contributed by atoms with Gasteiger partial charge in [0.2, 0.25) is 0 Å². The summed E-state index contributed by atoms with van der Waals surface area (Å²) >= 11 is 0. The Morgan fingerprint density at radius 1 is 1.00 bits per heavy atom. The van der Waals surface area contributed by atoms with Crippen molar-refractivity contribution in [1.82, 2.24) is 19.4 Å². The number of rotatable bonds is 4. The van der Waals surface area contributed by atoms with E-state index in [0.29, 0.717) is 24.2 Å². The Hall–Kier alpha value is -3.19. The molecule has 7 heteroatoms. The molecule has 28 heavy (non-hydrogen) atoms. The lowest BCUT2D eigenvalue weighted by atomic mass is 10.1. The van der Waals surface area contributed by atoms with Crippen molar-refractivity contribution in [3.63, 3.8) is 0 Å². The molecule has 7 nitrogen and oxygen atoms in total. The lowest BCUT2D eigenvalue weighted by Gasteiger charge is -2.34. The van der Waals surface area contributed by atoms with E-state index in [2.05, 4.69) is 20.8 Å². The van der Waals surface area contributed by atoms with E-state index < -0.39 is 5.97 Å². The molecule has 0 spiro atoms. The molecule has 0 saturated carbocycles. The van der Waals surface area contributed by atoms with Crippen molar-refractivity contribution in [1.29, 1.82) is 0 Å². The second kappa shape index (κ2) is 7.82. The molecule has 0 aliphatic carbocycles. The van der Waals surface area contributed by atoms with Crippen LogP contribution in [0.15, 0.2) is 54.7 Å². The van der Waals surface area contributed by atoms with Crippen molar-refractivity contribution in [2.24, 2.45) is 0 Å². The van der Waals surface area contributed by atoms with Gasteiger partial charge in [0, 0.05) is 44.5 Å². The van der Waals surface area contributed by atoms with Crippen LogP contribution in [0.3, 0.4) is 0 Å². The summed E-state index contributed by atoms with van der Waals surface area (Å²) in [6.45, 7) is 3.73. The number of fused-ring (bicyclic) bond motifs is 1. The van der Waals surface area contributed by atoms with Crippen LogP contribution in [-0.2, 0) is 11.3 Å². The summed E-state index contributed by atoms with van der Waals surface area (Å²) in [7, 11) is 1.34. The molecule has 1 aliphatic rings. The van der Waals surface area contributed by atoms with Gasteiger partial charge in [-0.15, -0.1) is 0 Å². The summed E-state index contributed by atoms with van der Waals surface area (Å²) in [5.41, 5.74) is 3.14. The number of nitrogens with zero attached hydrogens (tertiary/aromatic N) is 4. The van der Waals surface area contributed by atoms with Crippen molar-refractivity contribution in [3.8, 4) is 0 Å². The summed E-state index contributed by atoms with van der Waals surface area (Å²) in [6.07, 6.45) is 1.95. The van der Waals surface area contributed by atoms with Gasteiger partial charge in [-0.2, -0.15) is 5.10 Å². The van der Waals surface area contributed by atoms with Crippen LogP contribution in [0.5, 0.6) is 0 Å². The van der Waals surface area contributed by atoms with E-state index in [4.69, 9.17) is 0 Å². The maximum Gasteiger partial charge on any atom is 0.337 e. The third-order valence-corrected chi connectivity index (χ3v) is 5.02. The first kappa shape index (κ1) is 18.2. The van der Waals surface area contributed by atoms with E-state index in [9.17, 15) is 9.59 Å². The van der Waals surface area contributed by atoms with Crippen LogP contribution in [0.2, 0.25) is 0 Å². The van der Waals surface area contributed by atoms with Crippen LogP contribution in [0, 0.1) is 0 Å². The number of carbonyl (C=O) groups is 2. The maximum absolute atomic E-state index is 12.7. The van der Waals surface area contributed by atoms with Crippen molar-refractivity contribution < 1.29 is 14.3 Å². The highest BCUT2D eigenvalue weighted by Gasteiger charge is 2.23. The zero-order valence-electron chi connectivity index (χ0n) is 15.7. The predicted octanol–water partition coefficient (Wildman–Crippen LogP) is 2.08. The molecule has 3 heterocycles. The van der Waals surface area contributed by atoms with Gasteiger partial charge >= 0.3 is 5.97 Å². The lowest BCUT2D eigenvalue weighted by molar-refractivity contribution is 0.0596. The number of hydrogen-bond acceptors (Lipinski definition) is 5. The molecular formula is C21H22N4O3. The number of aromatic nitrogens is 2. The molecule has 0 radical (unpaired) electrons. The second-order valence-corrected chi connectivity index (χ2v) is 6.84. The van der Waals surface area contributed by atoms with Crippen molar-refractivity contribution >= 4 is 17.4 Å². The number of esters is 1. The Kier molecular flexibility index (Phi) is 5.08. The quantitative estimate of drug-likeness (QED) is 0.651. The van der Waals surface area contributed by atoms with E-state index in [1.54, 1.807) is 24.3 Å². The Labute approximate surface area is 163 Å². The normalized spacial score (nSPS) is 15.0. The smallest absolute Gasteiger partial charge is 0.337 e. The van der Waals surface area contributed by atoms with Crippen LogP contribution < -0.4 is 0 Å². The SMILES string of the molecule is COC(=O)c1ccc(C(=O)N2CCN(Cc3cc4ccccn4n3)CC2)cc1. The minimum atomic E-state index is -0.403. The van der Waals surface area contributed by atoms with Gasteiger partial charge in [0.25, 0.3) is 5.91 Å². The van der Waals surface area contributed by atoms with Crippen molar-refractivity contribution in [2.45, 2.75) is 6.54 Å². The highest BCUT2D eigenvalue weighted by Crippen LogP contribution is 2.14. The number of piperazine rings is 1. The first-order valence-electron chi connectivity index (χ1n) is 9.27. The molecular weight excluding hydrogens is 356 g/mol. The zero-order chi connectivity index (χ0) is 19.5. The Morgan fingerprint density at radius 2 is 1.71 bits per heavy atom. The van der Waals surface area contributed by atoms with E-state index in [-0.39, 0.29) is 5.91 Å². The van der Waals surface area contributed by atoms with E-state index in [1.165, 1.54) is 7.11 Å². The fourth-order valence-electron chi connectivity index (χ4n) is 3.46. The molecule has 2 aromatic heterocycles. The summed E-state index contributed by atoms with van der Waals surface area (Å²) < 4.78 is 6.57. The molecule has 0 unspecified atom stereocenters. The van der Waals surface area contributed by atoms with Crippen LogP contribution in [-0.4, -0.2) is 64.6 Å². The van der Waals surface area contributed by atoms with Crippen molar-refractivity contribution in [3.05, 3.63) is 71.5 Å². The minimum Gasteiger partial charge on any atom is -0.465 e. The topological polar surface area (TPSA) is 67.2 Å². The second-order valence-electron chi connectivity index (χ2n) is 6.84. The first-order chi connectivity index (χ1) is 13.6. The van der Waals surface area contributed by atoms with Gasteiger partial charge in [-0.05, 0) is 42.5 Å². The van der Waals surface area contributed by atoms with Crippen LogP contribution in [0.25, 0.3) is 5.52 Å². The average molecular weight is 378 g/mol. The maximum atomic E-state index is 12.7. The van der Waals surface area contributed by atoms with Gasteiger partial charge in [-0.1, -0.05) is 6.07 Å². The summed E-state index contributed by atoms with van der Waals surface area (Å²) in [5.74, 6) is -0.414. The molecule has 144 valence electrons.